The highest BCUT2D eigenvalue weighted by Gasteiger charge is 2.32. The van der Waals surface area contributed by atoms with Crippen LogP contribution in [-0.4, -0.2) is 43.0 Å². The van der Waals surface area contributed by atoms with E-state index in [2.05, 4.69) is 24.1 Å². The fourth-order valence-electron chi connectivity index (χ4n) is 2.07. The van der Waals surface area contributed by atoms with Crippen molar-refractivity contribution in [2.45, 2.75) is 32.2 Å². The Bertz CT molecular complexity index is 228. The molecule has 1 atom stereocenters. The molecule has 15 heavy (non-hydrogen) atoms. The maximum absolute atomic E-state index is 11.6. The number of nitrogens with two attached hydrogens (primary N) is 1. The van der Waals surface area contributed by atoms with Gasteiger partial charge >= 0.3 is 0 Å². The molecule has 0 aromatic rings. The van der Waals surface area contributed by atoms with Crippen LogP contribution in [0.15, 0.2) is 0 Å². The number of piperidine rings is 1. The average Bonchev–Trinajstić information content (AvgIpc) is 2.28. The molecule has 1 saturated heterocycles. The summed E-state index contributed by atoms with van der Waals surface area (Å²) >= 11 is 0. The molecule has 4 nitrogen and oxygen atoms in total. The molecule has 1 aliphatic heterocycles. The first-order valence-corrected chi connectivity index (χ1v) is 5.68. The first kappa shape index (κ1) is 12.5. The maximum atomic E-state index is 11.6. The van der Waals surface area contributed by atoms with Crippen LogP contribution >= 0.6 is 0 Å². The molecule has 0 radical (unpaired) electrons. The predicted molar refractivity (Wildman–Crippen MR) is 61.5 cm³/mol. The third-order valence-electron chi connectivity index (χ3n) is 3.39. The Hall–Kier alpha value is -0.610. The lowest BCUT2D eigenvalue weighted by Gasteiger charge is -2.42. The van der Waals surface area contributed by atoms with Crippen LogP contribution in [0.3, 0.4) is 0 Å². The highest BCUT2D eigenvalue weighted by atomic mass is 16.1. The van der Waals surface area contributed by atoms with Crippen molar-refractivity contribution in [1.82, 2.24) is 10.2 Å². The third-order valence-corrected chi connectivity index (χ3v) is 3.39. The van der Waals surface area contributed by atoms with Gasteiger partial charge in [0.2, 0.25) is 5.91 Å². The van der Waals surface area contributed by atoms with E-state index in [1.165, 1.54) is 0 Å². The van der Waals surface area contributed by atoms with Gasteiger partial charge in [-0.05, 0) is 33.2 Å². The van der Waals surface area contributed by atoms with E-state index in [0.717, 1.165) is 25.9 Å². The van der Waals surface area contributed by atoms with Crippen molar-refractivity contribution in [2.75, 3.05) is 26.7 Å². The van der Waals surface area contributed by atoms with Gasteiger partial charge in [0.1, 0.15) is 0 Å². The van der Waals surface area contributed by atoms with Crippen molar-refractivity contribution >= 4 is 5.91 Å². The average molecular weight is 213 g/mol. The number of carbonyl (C=O) groups excluding carboxylic acids is 1. The fourth-order valence-corrected chi connectivity index (χ4v) is 2.07. The molecule has 1 fully saturated rings. The van der Waals surface area contributed by atoms with E-state index in [1.807, 2.05) is 0 Å². The number of nitrogens with zero attached hydrogens (tertiary/aromatic N) is 1. The first-order chi connectivity index (χ1) is 7.01. The number of amides is 1. The highest BCUT2D eigenvalue weighted by Crippen LogP contribution is 2.23. The van der Waals surface area contributed by atoms with Crippen molar-refractivity contribution in [1.29, 1.82) is 0 Å². The summed E-state index contributed by atoms with van der Waals surface area (Å²) in [7, 11) is 1.70. The van der Waals surface area contributed by atoms with Gasteiger partial charge in [-0.2, -0.15) is 0 Å². The van der Waals surface area contributed by atoms with E-state index < -0.39 is 0 Å². The van der Waals surface area contributed by atoms with Crippen LogP contribution in [0.1, 0.15) is 26.7 Å². The molecule has 3 N–H and O–H groups in total. The van der Waals surface area contributed by atoms with E-state index in [4.69, 9.17) is 5.73 Å². The molecule has 0 aromatic carbocycles. The number of rotatable bonds is 3. The zero-order valence-electron chi connectivity index (χ0n) is 10.0. The topological polar surface area (TPSA) is 58.4 Å². The van der Waals surface area contributed by atoms with Gasteiger partial charge in [-0.3, -0.25) is 9.69 Å². The summed E-state index contributed by atoms with van der Waals surface area (Å²) in [6.45, 7) is 6.80. The first-order valence-electron chi connectivity index (χ1n) is 5.68. The molecule has 88 valence electrons. The smallest absolute Gasteiger partial charge is 0.224 e. The van der Waals surface area contributed by atoms with E-state index in [-0.39, 0.29) is 17.4 Å². The van der Waals surface area contributed by atoms with E-state index in [1.54, 1.807) is 7.05 Å². The van der Waals surface area contributed by atoms with Crippen molar-refractivity contribution < 1.29 is 4.79 Å². The Kier molecular flexibility index (Phi) is 4.11. The van der Waals surface area contributed by atoms with Crippen molar-refractivity contribution in [3.05, 3.63) is 0 Å². The monoisotopic (exact) mass is 213 g/mol. The molecule has 0 aromatic heterocycles. The zero-order valence-corrected chi connectivity index (χ0v) is 10.0. The van der Waals surface area contributed by atoms with Crippen LogP contribution in [-0.2, 0) is 4.79 Å². The van der Waals surface area contributed by atoms with Crippen molar-refractivity contribution in [3.8, 4) is 0 Å². The second-order valence-electron chi connectivity index (χ2n) is 4.92. The minimum absolute atomic E-state index is 0.00664. The van der Waals surface area contributed by atoms with Crippen LogP contribution in [0.5, 0.6) is 0 Å². The van der Waals surface area contributed by atoms with Gasteiger partial charge in [-0.15, -0.1) is 0 Å². The van der Waals surface area contributed by atoms with Crippen molar-refractivity contribution in [3.63, 3.8) is 0 Å². The summed E-state index contributed by atoms with van der Waals surface area (Å²) in [4.78, 5) is 13.9. The molecule has 0 spiro atoms. The summed E-state index contributed by atoms with van der Waals surface area (Å²) in [5.41, 5.74) is 5.76. The minimum atomic E-state index is 0.00664. The minimum Gasteiger partial charge on any atom is -0.359 e. The standard InChI is InChI=1S/C11H23N3O/c1-11(2,8-12)14-6-4-5-9(7-14)10(15)13-3/h9H,4-8,12H2,1-3H3,(H,13,15). The summed E-state index contributed by atoms with van der Waals surface area (Å²) in [5, 5.41) is 2.73. The molecule has 1 rings (SSSR count). The molecule has 1 heterocycles. The second kappa shape index (κ2) is 4.94. The van der Waals surface area contributed by atoms with Gasteiger partial charge in [0, 0.05) is 25.7 Å². The summed E-state index contributed by atoms with van der Waals surface area (Å²) in [6, 6.07) is 0. The van der Waals surface area contributed by atoms with Crippen LogP contribution in [0.2, 0.25) is 0 Å². The molecule has 0 saturated carbocycles. The van der Waals surface area contributed by atoms with Crippen molar-refractivity contribution in [2.24, 2.45) is 11.7 Å². The van der Waals surface area contributed by atoms with E-state index in [0.29, 0.717) is 6.54 Å². The normalized spacial score (nSPS) is 23.9. The van der Waals surface area contributed by atoms with Crippen LogP contribution < -0.4 is 11.1 Å². The zero-order chi connectivity index (χ0) is 11.5. The molecule has 1 unspecified atom stereocenters. The maximum Gasteiger partial charge on any atom is 0.224 e. The van der Waals surface area contributed by atoms with Gasteiger partial charge in [0.25, 0.3) is 0 Å². The SMILES string of the molecule is CNC(=O)C1CCCN(C(C)(C)CN)C1. The third kappa shape index (κ3) is 2.92. The predicted octanol–water partition coefficient (Wildman–Crippen LogP) is 0.182. The molecule has 1 amide bonds. The summed E-state index contributed by atoms with van der Waals surface area (Å²) < 4.78 is 0. The summed E-state index contributed by atoms with van der Waals surface area (Å²) in [5.74, 6) is 0.294. The molecule has 1 aliphatic rings. The van der Waals surface area contributed by atoms with Gasteiger partial charge < -0.3 is 11.1 Å². The number of nitrogens with one attached hydrogen (secondary N) is 1. The lowest BCUT2D eigenvalue weighted by molar-refractivity contribution is -0.126. The molecule has 0 aliphatic carbocycles. The number of carbonyl (C=O) groups is 1. The lowest BCUT2D eigenvalue weighted by atomic mass is 9.92. The molecule has 4 heteroatoms. The fraction of sp³-hybridized carbons (Fsp3) is 0.909. The Morgan fingerprint density at radius 1 is 1.60 bits per heavy atom. The van der Waals surface area contributed by atoms with E-state index >= 15 is 0 Å². The lowest BCUT2D eigenvalue weighted by Crippen LogP contribution is -2.54. The van der Waals surface area contributed by atoms with Gasteiger partial charge in [0.05, 0.1) is 5.92 Å². The summed E-state index contributed by atoms with van der Waals surface area (Å²) in [6.07, 6.45) is 2.08. The van der Waals surface area contributed by atoms with Gasteiger partial charge in [0.15, 0.2) is 0 Å². The molecular weight excluding hydrogens is 190 g/mol. The van der Waals surface area contributed by atoms with Gasteiger partial charge in [-0.1, -0.05) is 0 Å². The Morgan fingerprint density at radius 3 is 2.80 bits per heavy atom. The number of hydrogen-bond donors (Lipinski definition) is 2. The van der Waals surface area contributed by atoms with Crippen LogP contribution in [0, 0.1) is 5.92 Å². The molecule has 0 bridgehead atoms. The Labute approximate surface area is 92.2 Å². The van der Waals surface area contributed by atoms with Crippen LogP contribution in [0.4, 0.5) is 0 Å². The largest absolute Gasteiger partial charge is 0.359 e. The Morgan fingerprint density at radius 2 is 2.27 bits per heavy atom. The highest BCUT2D eigenvalue weighted by molar-refractivity contribution is 5.78. The van der Waals surface area contributed by atoms with Gasteiger partial charge in [-0.25, -0.2) is 0 Å². The quantitative estimate of drug-likeness (QED) is 0.703. The second-order valence-corrected chi connectivity index (χ2v) is 4.92. The Balaban J connectivity index is 2.60. The molecular formula is C11H23N3O. The van der Waals surface area contributed by atoms with E-state index in [9.17, 15) is 4.79 Å². The number of hydrogen-bond acceptors (Lipinski definition) is 3. The number of likely N-dealkylation sites (tertiary alicyclic amines) is 1. The van der Waals surface area contributed by atoms with Crippen LogP contribution in [0.25, 0.3) is 0 Å².